The number of unbranched alkanes of at least 4 members (excludes halogenated alkanes) is 2. The Morgan fingerprint density at radius 1 is 1.11 bits per heavy atom. The first kappa shape index (κ1) is 12.9. The SMILES string of the molecule is CCCCCc1c[n+]([O-])c2ccccc2c1CC. The summed E-state index contributed by atoms with van der Waals surface area (Å²) < 4.78 is 1.02. The molecule has 0 saturated heterocycles. The van der Waals surface area contributed by atoms with E-state index in [1.54, 1.807) is 6.20 Å². The van der Waals surface area contributed by atoms with Gasteiger partial charge in [-0.3, -0.25) is 0 Å². The largest absolute Gasteiger partial charge is 0.618 e. The first-order valence-corrected chi connectivity index (χ1v) is 6.90. The Kier molecular flexibility index (Phi) is 4.19. The normalized spacial score (nSPS) is 11.0. The summed E-state index contributed by atoms with van der Waals surface area (Å²) in [5.41, 5.74) is 3.35. The number of aryl methyl sites for hydroxylation is 2. The molecule has 96 valence electrons. The molecule has 0 N–H and O–H groups in total. The van der Waals surface area contributed by atoms with Gasteiger partial charge in [0.15, 0.2) is 6.20 Å². The molecule has 2 nitrogen and oxygen atoms in total. The Balaban J connectivity index is 2.46. The van der Waals surface area contributed by atoms with Gasteiger partial charge in [-0.25, -0.2) is 0 Å². The van der Waals surface area contributed by atoms with Crippen LogP contribution in [0.25, 0.3) is 10.9 Å². The van der Waals surface area contributed by atoms with Crippen LogP contribution in [0, 0.1) is 5.21 Å². The summed E-state index contributed by atoms with van der Waals surface area (Å²) in [7, 11) is 0. The molecular formula is C16H21NO. The van der Waals surface area contributed by atoms with Gasteiger partial charge in [-0.2, -0.15) is 4.73 Å². The second-order valence-corrected chi connectivity index (χ2v) is 4.79. The highest BCUT2D eigenvalue weighted by atomic mass is 16.5. The molecule has 1 heterocycles. The molecule has 0 saturated carbocycles. The molecule has 0 spiro atoms. The minimum absolute atomic E-state index is 0.786. The number of fused-ring (bicyclic) bond motifs is 1. The van der Waals surface area contributed by atoms with Crippen molar-refractivity contribution in [2.24, 2.45) is 0 Å². The lowest BCUT2D eigenvalue weighted by Gasteiger charge is -2.11. The van der Waals surface area contributed by atoms with Crippen LogP contribution in [-0.2, 0) is 12.8 Å². The van der Waals surface area contributed by atoms with Gasteiger partial charge in [0.05, 0.1) is 5.39 Å². The van der Waals surface area contributed by atoms with E-state index in [-0.39, 0.29) is 0 Å². The van der Waals surface area contributed by atoms with Gasteiger partial charge in [-0.1, -0.05) is 38.8 Å². The fourth-order valence-electron chi connectivity index (χ4n) is 2.58. The number of rotatable bonds is 5. The van der Waals surface area contributed by atoms with Crippen molar-refractivity contribution in [1.82, 2.24) is 0 Å². The van der Waals surface area contributed by atoms with Gasteiger partial charge in [0.1, 0.15) is 0 Å². The molecule has 2 rings (SSSR count). The summed E-state index contributed by atoms with van der Waals surface area (Å²) in [5.74, 6) is 0. The van der Waals surface area contributed by atoms with Crippen LogP contribution in [0.4, 0.5) is 0 Å². The van der Waals surface area contributed by atoms with Gasteiger partial charge in [0.25, 0.3) is 0 Å². The van der Waals surface area contributed by atoms with E-state index >= 15 is 0 Å². The van der Waals surface area contributed by atoms with E-state index in [0.717, 1.165) is 28.5 Å². The summed E-state index contributed by atoms with van der Waals surface area (Å²) in [6.45, 7) is 4.37. The van der Waals surface area contributed by atoms with E-state index in [4.69, 9.17) is 0 Å². The molecular weight excluding hydrogens is 222 g/mol. The molecule has 0 fully saturated rings. The van der Waals surface area contributed by atoms with Crippen molar-refractivity contribution in [1.29, 1.82) is 0 Å². The lowest BCUT2D eigenvalue weighted by Crippen LogP contribution is -2.28. The van der Waals surface area contributed by atoms with E-state index in [1.807, 2.05) is 18.2 Å². The Morgan fingerprint density at radius 3 is 2.61 bits per heavy atom. The van der Waals surface area contributed by atoms with Gasteiger partial charge in [-0.05, 0) is 30.9 Å². The van der Waals surface area contributed by atoms with Crippen molar-refractivity contribution in [3.63, 3.8) is 0 Å². The van der Waals surface area contributed by atoms with Crippen LogP contribution in [0.1, 0.15) is 44.2 Å². The quantitative estimate of drug-likeness (QED) is 0.446. The smallest absolute Gasteiger partial charge is 0.224 e. The molecule has 0 aliphatic carbocycles. The van der Waals surface area contributed by atoms with Gasteiger partial charge in [0, 0.05) is 11.6 Å². The maximum atomic E-state index is 12.0. The number of hydrogen-bond donors (Lipinski definition) is 0. The average molecular weight is 243 g/mol. The van der Waals surface area contributed by atoms with Crippen LogP contribution in [0.15, 0.2) is 30.5 Å². The maximum Gasteiger partial charge on any atom is 0.224 e. The van der Waals surface area contributed by atoms with Gasteiger partial charge in [0.2, 0.25) is 5.52 Å². The third kappa shape index (κ3) is 2.47. The molecule has 0 bridgehead atoms. The Bertz CT molecular complexity index is 534. The highest BCUT2D eigenvalue weighted by Gasteiger charge is 2.13. The predicted molar refractivity (Wildman–Crippen MR) is 75.5 cm³/mol. The van der Waals surface area contributed by atoms with Crippen molar-refractivity contribution in [3.8, 4) is 0 Å². The second-order valence-electron chi connectivity index (χ2n) is 4.79. The first-order chi connectivity index (χ1) is 8.77. The first-order valence-electron chi connectivity index (χ1n) is 6.90. The third-order valence-electron chi connectivity index (χ3n) is 3.53. The fourth-order valence-corrected chi connectivity index (χ4v) is 2.58. The van der Waals surface area contributed by atoms with Crippen LogP contribution in [-0.4, -0.2) is 0 Å². The van der Waals surface area contributed by atoms with E-state index < -0.39 is 0 Å². The zero-order chi connectivity index (χ0) is 13.0. The van der Waals surface area contributed by atoms with Gasteiger partial charge >= 0.3 is 0 Å². The minimum atomic E-state index is 0.786. The molecule has 2 aromatic rings. The molecule has 0 unspecified atom stereocenters. The second kappa shape index (κ2) is 5.85. The van der Waals surface area contributed by atoms with Crippen molar-refractivity contribution in [2.75, 3.05) is 0 Å². The summed E-state index contributed by atoms with van der Waals surface area (Å²) in [5, 5.41) is 13.1. The number of nitrogens with zero attached hydrogens (tertiary/aromatic N) is 1. The molecule has 0 radical (unpaired) electrons. The van der Waals surface area contributed by atoms with Gasteiger partial charge in [-0.15, -0.1) is 0 Å². The number of para-hydroxylation sites is 1. The number of pyridine rings is 1. The lowest BCUT2D eigenvalue weighted by molar-refractivity contribution is -0.577. The third-order valence-corrected chi connectivity index (χ3v) is 3.53. The summed E-state index contributed by atoms with van der Waals surface area (Å²) in [6.07, 6.45) is 7.40. The topological polar surface area (TPSA) is 26.9 Å². The minimum Gasteiger partial charge on any atom is -0.618 e. The fraction of sp³-hybridized carbons (Fsp3) is 0.438. The van der Waals surface area contributed by atoms with Crippen LogP contribution in [0.5, 0.6) is 0 Å². The van der Waals surface area contributed by atoms with E-state index in [9.17, 15) is 5.21 Å². The van der Waals surface area contributed by atoms with Crippen molar-refractivity contribution in [3.05, 3.63) is 46.8 Å². The molecule has 0 atom stereocenters. The van der Waals surface area contributed by atoms with Crippen LogP contribution < -0.4 is 4.73 Å². The maximum absolute atomic E-state index is 12.0. The lowest BCUT2D eigenvalue weighted by atomic mass is 9.97. The number of benzene rings is 1. The highest BCUT2D eigenvalue weighted by molar-refractivity contribution is 5.80. The molecule has 0 amide bonds. The van der Waals surface area contributed by atoms with E-state index in [2.05, 4.69) is 19.9 Å². The average Bonchev–Trinajstić information content (AvgIpc) is 2.39. The van der Waals surface area contributed by atoms with Crippen LogP contribution >= 0.6 is 0 Å². The molecule has 2 heteroatoms. The number of hydrogen-bond acceptors (Lipinski definition) is 1. The van der Waals surface area contributed by atoms with Crippen molar-refractivity contribution in [2.45, 2.75) is 46.0 Å². The van der Waals surface area contributed by atoms with Crippen LogP contribution in [0.3, 0.4) is 0 Å². The zero-order valence-corrected chi connectivity index (χ0v) is 11.3. The standard InChI is InChI=1S/C16H21NO/c1-3-5-6-9-13-12-17(18)16-11-8-7-10-15(16)14(13)4-2/h7-8,10-12H,3-6,9H2,1-2H3. The Hall–Kier alpha value is -1.57. The molecule has 18 heavy (non-hydrogen) atoms. The van der Waals surface area contributed by atoms with Crippen molar-refractivity contribution < 1.29 is 4.73 Å². The Labute approximate surface area is 109 Å². The monoisotopic (exact) mass is 243 g/mol. The molecule has 0 aliphatic rings. The summed E-state index contributed by atoms with van der Waals surface area (Å²) in [4.78, 5) is 0. The van der Waals surface area contributed by atoms with Gasteiger partial charge < -0.3 is 5.21 Å². The van der Waals surface area contributed by atoms with E-state index in [1.165, 1.54) is 30.4 Å². The highest BCUT2D eigenvalue weighted by Crippen LogP contribution is 2.21. The Morgan fingerprint density at radius 2 is 1.89 bits per heavy atom. The number of aromatic nitrogens is 1. The molecule has 0 aliphatic heterocycles. The predicted octanol–water partition coefficient (Wildman–Crippen LogP) is 3.77. The molecule has 1 aromatic heterocycles. The molecule has 1 aromatic carbocycles. The summed E-state index contributed by atoms with van der Waals surface area (Å²) in [6, 6.07) is 7.90. The van der Waals surface area contributed by atoms with Crippen LogP contribution in [0.2, 0.25) is 0 Å². The summed E-state index contributed by atoms with van der Waals surface area (Å²) >= 11 is 0. The van der Waals surface area contributed by atoms with Crippen molar-refractivity contribution >= 4 is 10.9 Å². The zero-order valence-electron chi connectivity index (χ0n) is 11.3. The van der Waals surface area contributed by atoms with E-state index in [0.29, 0.717) is 0 Å².